The predicted octanol–water partition coefficient (Wildman–Crippen LogP) is 0.744. The van der Waals surface area contributed by atoms with Gasteiger partial charge in [-0.15, -0.1) is 0 Å². The molecule has 1 heteroatoms. The van der Waals surface area contributed by atoms with Crippen molar-refractivity contribution in [1.82, 2.24) is 0 Å². The van der Waals surface area contributed by atoms with Crippen LogP contribution < -0.4 is 5.73 Å². The molecule has 2 rings (SSSR count). The fourth-order valence-electron chi connectivity index (χ4n) is 1.67. The van der Waals surface area contributed by atoms with Crippen molar-refractivity contribution in [3.05, 3.63) is 0 Å². The van der Waals surface area contributed by atoms with E-state index in [4.69, 9.17) is 5.73 Å². The number of hydrogen-bond acceptors (Lipinski definition) is 1. The molecule has 0 saturated heterocycles. The SMILES string of the molecule is CC1C(N)C12CC2. The second-order valence-electron chi connectivity index (χ2n) is 3.05. The van der Waals surface area contributed by atoms with Gasteiger partial charge in [-0.1, -0.05) is 6.92 Å². The van der Waals surface area contributed by atoms with Crippen molar-refractivity contribution >= 4 is 0 Å². The van der Waals surface area contributed by atoms with Crippen molar-refractivity contribution in [2.45, 2.75) is 25.8 Å². The molecule has 0 aromatic rings. The largest absolute Gasteiger partial charge is 0.327 e. The third-order valence-electron chi connectivity index (χ3n) is 2.83. The minimum Gasteiger partial charge on any atom is -0.327 e. The molecule has 1 nitrogen and oxygen atoms in total. The molecule has 2 saturated carbocycles. The zero-order valence-electron chi connectivity index (χ0n) is 4.65. The minimum atomic E-state index is 0.576. The van der Waals surface area contributed by atoms with Gasteiger partial charge in [0.05, 0.1) is 0 Å². The average Bonchev–Trinajstić information content (AvgIpc) is 2.47. The van der Waals surface area contributed by atoms with Crippen LogP contribution in [-0.4, -0.2) is 6.04 Å². The molecular weight excluding hydrogens is 86.1 g/mol. The highest BCUT2D eigenvalue weighted by Gasteiger charge is 2.67. The summed E-state index contributed by atoms with van der Waals surface area (Å²) in [5.74, 6) is 0.854. The lowest BCUT2D eigenvalue weighted by Crippen LogP contribution is -2.02. The predicted molar refractivity (Wildman–Crippen MR) is 28.8 cm³/mol. The Morgan fingerprint density at radius 1 is 1.57 bits per heavy atom. The van der Waals surface area contributed by atoms with E-state index < -0.39 is 0 Å². The molecule has 1 spiro atoms. The molecule has 0 aromatic carbocycles. The summed E-state index contributed by atoms with van der Waals surface area (Å²) in [5.41, 5.74) is 6.40. The highest BCUT2D eigenvalue weighted by Crippen LogP contribution is 2.69. The molecule has 0 aromatic heterocycles. The van der Waals surface area contributed by atoms with Gasteiger partial charge in [0, 0.05) is 6.04 Å². The monoisotopic (exact) mass is 97.1 g/mol. The Morgan fingerprint density at radius 2 is 2.00 bits per heavy atom. The van der Waals surface area contributed by atoms with Crippen LogP contribution in [0.25, 0.3) is 0 Å². The quantitative estimate of drug-likeness (QED) is 0.474. The van der Waals surface area contributed by atoms with Gasteiger partial charge in [0.2, 0.25) is 0 Å². The van der Waals surface area contributed by atoms with E-state index in [-0.39, 0.29) is 0 Å². The molecule has 0 amide bonds. The normalized spacial score (nSPS) is 52.3. The van der Waals surface area contributed by atoms with Crippen LogP contribution in [0.4, 0.5) is 0 Å². The lowest BCUT2D eigenvalue weighted by Gasteiger charge is -1.73. The molecule has 2 aliphatic carbocycles. The second-order valence-corrected chi connectivity index (χ2v) is 3.05. The molecule has 40 valence electrons. The zero-order chi connectivity index (χ0) is 5.07. The van der Waals surface area contributed by atoms with Crippen molar-refractivity contribution in [3.8, 4) is 0 Å². The smallest absolute Gasteiger partial charge is 0.0130 e. The standard InChI is InChI=1S/C6H11N/c1-4-5(7)6(4)2-3-6/h4-5H,2-3,7H2,1H3. The Bertz CT molecular complexity index is 94.7. The van der Waals surface area contributed by atoms with Crippen LogP contribution in [0, 0.1) is 11.3 Å². The van der Waals surface area contributed by atoms with E-state index in [0.717, 1.165) is 5.92 Å². The first kappa shape index (κ1) is 3.90. The van der Waals surface area contributed by atoms with Crippen LogP contribution in [0.15, 0.2) is 0 Å². The van der Waals surface area contributed by atoms with E-state index >= 15 is 0 Å². The second kappa shape index (κ2) is 0.752. The molecule has 2 N–H and O–H groups in total. The summed E-state index contributed by atoms with van der Waals surface area (Å²) < 4.78 is 0. The maximum absolute atomic E-state index is 5.71. The summed E-state index contributed by atoms with van der Waals surface area (Å²) in [6, 6.07) is 0.576. The minimum absolute atomic E-state index is 0.576. The lowest BCUT2D eigenvalue weighted by atomic mass is 10.3. The van der Waals surface area contributed by atoms with E-state index in [9.17, 15) is 0 Å². The topological polar surface area (TPSA) is 26.0 Å². The third kappa shape index (κ3) is 0.260. The van der Waals surface area contributed by atoms with Crippen LogP contribution in [0.5, 0.6) is 0 Å². The van der Waals surface area contributed by atoms with E-state index in [1.165, 1.54) is 12.8 Å². The van der Waals surface area contributed by atoms with Crippen LogP contribution in [0.1, 0.15) is 19.8 Å². The van der Waals surface area contributed by atoms with Gasteiger partial charge in [-0.25, -0.2) is 0 Å². The first-order valence-corrected chi connectivity index (χ1v) is 3.03. The lowest BCUT2D eigenvalue weighted by molar-refractivity contribution is 0.767. The Kier molecular flexibility index (Phi) is 0.419. The van der Waals surface area contributed by atoms with Crippen LogP contribution in [-0.2, 0) is 0 Å². The van der Waals surface area contributed by atoms with E-state index in [2.05, 4.69) is 6.92 Å². The third-order valence-corrected chi connectivity index (χ3v) is 2.83. The van der Waals surface area contributed by atoms with Gasteiger partial charge in [0.15, 0.2) is 0 Å². The average molecular weight is 97.2 g/mol. The Morgan fingerprint density at radius 3 is 2.00 bits per heavy atom. The zero-order valence-corrected chi connectivity index (χ0v) is 4.65. The van der Waals surface area contributed by atoms with Gasteiger partial charge in [0.1, 0.15) is 0 Å². The van der Waals surface area contributed by atoms with E-state index in [0.29, 0.717) is 11.5 Å². The van der Waals surface area contributed by atoms with Crippen molar-refractivity contribution in [2.24, 2.45) is 17.1 Å². The summed E-state index contributed by atoms with van der Waals surface area (Å²) >= 11 is 0. The van der Waals surface area contributed by atoms with Gasteiger partial charge in [-0.2, -0.15) is 0 Å². The molecule has 2 atom stereocenters. The fourth-order valence-corrected chi connectivity index (χ4v) is 1.67. The molecule has 2 aliphatic rings. The molecule has 0 radical (unpaired) electrons. The van der Waals surface area contributed by atoms with Crippen molar-refractivity contribution in [2.75, 3.05) is 0 Å². The van der Waals surface area contributed by atoms with E-state index in [1.54, 1.807) is 0 Å². The maximum Gasteiger partial charge on any atom is 0.0130 e. The van der Waals surface area contributed by atoms with Gasteiger partial charge >= 0.3 is 0 Å². The van der Waals surface area contributed by atoms with Gasteiger partial charge < -0.3 is 5.73 Å². The summed E-state index contributed by atoms with van der Waals surface area (Å²) in [6.45, 7) is 2.26. The summed E-state index contributed by atoms with van der Waals surface area (Å²) in [7, 11) is 0. The number of nitrogens with two attached hydrogens (primary N) is 1. The van der Waals surface area contributed by atoms with E-state index in [1.807, 2.05) is 0 Å². The first-order chi connectivity index (χ1) is 3.27. The van der Waals surface area contributed by atoms with Gasteiger partial charge in [-0.05, 0) is 24.2 Å². The Labute approximate surface area is 43.9 Å². The molecule has 0 bridgehead atoms. The van der Waals surface area contributed by atoms with Crippen molar-refractivity contribution in [3.63, 3.8) is 0 Å². The van der Waals surface area contributed by atoms with Gasteiger partial charge in [-0.3, -0.25) is 0 Å². The molecule has 2 fully saturated rings. The van der Waals surface area contributed by atoms with Crippen molar-refractivity contribution in [1.29, 1.82) is 0 Å². The highest BCUT2D eigenvalue weighted by atomic mass is 14.9. The summed E-state index contributed by atoms with van der Waals surface area (Å²) in [5, 5.41) is 0. The maximum atomic E-state index is 5.71. The van der Waals surface area contributed by atoms with Crippen molar-refractivity contribution < 1.29 is 0 Å². The van der Waals surface area contributed by atoms with Crippen LogP contribution in [0.2, 0.25) is 0 Å². The van der Waals surface area contributed by atoms with Gasteiger partial charge in [0.25, 0.3) is 0 Å². The van der Waals surface area contributed by atoms with Crippen LogP contribution >= 0.6 is 0 Å². The Hall–Kier alpha value is -0.0400. The van der Waals surface area contributed by atoms with Crippen LogP contribution in [0.3, 0.4) is 0 Å². The molecule has 7 heavy (non-hydrogen) atoms. The number of hydrogen-bond donors (Lipinski definition) is 1. The molecule has 0 aliphatic heterocycles. The fraction of sp³-hybridized carbons (Fsp3) is 1.00. The molecule has 0 heterocycles. The first-order valence-electron chi connectivity index (χ1n) is 3.03. The Balaban J connectivity index is 2.17. The molecular formula is C6H11N. The summed E-state index contributed by atoms with van der Waals surface area (Å²) in [4.78, 5) is 0. The highest BCUT2D eigenvalue weighted by molar-refractivity contribution is 5.20. The number of rotatable bonds is 0. The molecule has 2 unspecified atom stereocenters. The summed E-state index contributed by atoms with van der Waals surface area (Å²) in [6.07, 6.45) is 2.82.